The van der Waals surface area contributed by atoms with Crippen LogP contribution in [0, 0.1) is 0 Å². The Morgan fingerprint density at radius 1 is 1.03 bits per heavy atom. The first-order valence-electron chi connectivity index (χ1n) is 10.0. The van der Waals surface area contributed by atoms with Crippen molar-refractivity contribution in [3.05, 3.63) is 46.3 Å². The molecule has 2 aromatic carbocycles. The molecule has 4 rings (SSSR count). The van der Waals surface area contributed by atoms with Crippen molar-refractivity contribution < 1.29 is 44.2 Å². The number of fused-ring (bicyclic) bond motifs is 3. The maximum absolute atomic E-state index is 12.7. The van der Waals surface area contributed by atoms with Crippen LogP contribution in [0.15, 0.2) is 39.5 Å². The van der Waals surface area contributed by atoms with Crippen molar-refractivity contribution in [3.63, 3.8) is 0 Å². The van der Waals surface area contributed by atoms with Gasteiger partial charge in [-0.3, -0.25) is 0 Å². The first-order chi connectivity index (χ1) is 15.4. The fourth-order valence-corrected chi connectivity index (χ4v) is 3.97. The summed E-state index contributed by atoms with van der Waals surface area (Å²) in [5.41, 5.74) is 0.204. The predicted octanol–water partition coefficient (Wildman–Crippen LogP) is -0.332. The van der Waals surface area contributed by atoms with Crippen molar-refractivity contribution in [2.75, 3.05) is 20.3 Å². The van der Waals surface area contributed by atoms with E-state index in [-0.39, 0.29) is 24.4 Å². The summed E-state index contributed by atoms with van der Waals surface area (Å²) < 4.78 is 22.0. The third-order valence-electron chi connectivity index (χ3n) is 5.57. The summed E-state index contributed by atoms with van der Waals surface area (Å²) in [6.45, 7) is -0.720. The van der Waals surface area contributed by atoms with Crippen molar-refractivity contribution in [2.24, 2.45) is 0 Å². The quantitative estimate of drug-likeness (QED) is 0.250. The third-order valence-corrected chi connectivity index (χ3v) is 5.57. The number of hydrogen-bond donors (Lipinski definition) is 5. The smallest absolute Gasteiger partial charge is 0.344 e. The molecule has 1 aliphatic rings. The Kier molecular flexibility index (Phi) is 6.33. The maximum Gasteiger partial charge on any atom is 0.344 e. The van der Waals surface area contributed by atoms with E-state index in [2.05, 4.69) is 0 Å². The monoisotopic (exact) mass is 448 g/mol. The van der Waals surface area contributed by atoms with Crippen LogP contribution in [0.1, 0.15) is 5.56 Å². The minimum Gasteiger partial charge on any atom is -0.496 e. The van der Waals surface area contributed by atoms with Crippen LogP contribution in [0.5, 0.6) is 11.5 Å². The molecule has 1 saturated heterocycles. The van der Waals surface area contributed by atoms with Gasteiger partial charge in [0.25, 0.3) is 0 Å². The zero-order chi connectivity index (χ0) is 23.0. The Balaban J connectivity index is 1.80. The maximum atomic E-state index is 12.7. The summed E-state index contributed by atoms with van der Waals surface area (Å²) in [5.74, 6) is 0.421. The fourth-order valence-electron chi connectivity index (χ4n) is 3.97. The van der Waals surface area contributed by atoms with E-state index in [1.807, 2.05) is 0 Å². The molecule has 1 fully saturated rings. The summed E-state index contributed by atoms with van der Waals surface area (Å²) in [5, 5.41) is 50.2. The van der Waals surface area contributed by atoms with Gasteiger partial charge in [0.15, 0.2) is 0 Å². The lowest BCUT2D eigenvalue weighted by Gasteiger charge is -2.39. The van der Waals surface area contributed by atoms with Crippen molar-refractivity contribution in [1.82, 2.24) is 0 Å². The minimum atomic E-state index is -1.60. The van der Waals surface area contributed by atoms with Crippen LogP contribution >= 0.6 is 0 Å². The molecule has 1 aromatic heterocycles. The molecule has 172 valence electrons. The molecule has 0 bridgehead atoms. The average molecular weight is 448 g/mol. The summed E-state index contributed by atoms with van der Waals surface area (Å²) in [7, 11) is 1.43. The second-order valence-corrected chi connectivity index (χ2v) is 7.52. The number of hydrogen-bond acceptors (Lipinski definition) is 10. The van der Waals surface area contributed by atoms with E-state index in [9.17, 15) is 30.3 Å². The Bertz CT molecular complexity index is 1170. The van der Waals surface area contributed by atoms with Gasteiger partial charge < -0.3 is 44.2 Å². The number of ether oxygens (including phenoxy) is 3. The molecule has 3 aromatic rings. The summed E-state index contributed by atoms with van der Waals surface area (Å²) in [6.07, 6.45) is -6.96. The Morgan fingerprint density at radius 3 is 2.50 bits per heavy atom. The second-order valence-electron chi connectivity index (χ2n) is 7.52. The molecule has 10 nitrogen and oxygen atoms in total. The van der Waals surface area contributed by atoms with Gasteiger partial charge in [0.2, 0.25) is 6.29 Å². The molecule has 2 heterocycles. The highest BCUT2D eigenvalue weighted by Gasteiger charge is 2.44. The molecular formula is C22H24O10. The molecule has 0 radical (unpaired) electrons. The van der Waals surface area contributed by atoms with Crippen LogP contribution in [0.3, 0.4) is 0 Å². The molecule has 5 N–H and O–H groups in total. The van der Waals surface area contributed by atoms with Crippen LogP contribution in [-0.4, -0.2) is 76.6 Å². The van der Waals surface area contributed by atoms with E-state index in [4.69, 9.17) is 18.6 Å². The van der Waals surface area contributed by atoms with Gasteiger partial charge in [-0.05, 0) is 12.0 Å². The molecule has 0 saturated carbocycles. The van der Waals surface area contributed by atoms with Crippen molar-refractivity contribution in [3.8, 4) is 11.5 Å². The Morgan fingerprint density at radius 2 is 1.81 bits per heavy atom. The summed E-state index contributed by atoms with van der Waals surface area (Å²) in [6, 6.07) is 8.17. The van der Waals surface area contributed by atoms with Gasteiger partial charge in [0, 0.05) is 24.1 Å². The van der Waals surface area contributed by atoms with Crippen LogP contribution in [-0.2, 0) is 11.2 Å². The van der Waals surface area contributed by atoms with Crippen LogP contribution in [0.4, 0.5) is 0 Å². The molecule has 0 spiro atoms. The lowest BCUT2D eigenvalue weighted by Crippen LogP contribution is -2.60. The Hall–Kier alpha value is -2.73. The van der Waals surface area contributed by atoms with Gasteiger partial charge in [-0.2, -0.15) is 0 Å². The molecule has 0 amide bonds. The van der Waals surface area contributed by atoms with Gasteiger partial charge in [-0.25, -0.2) is 4.79 Å². The van der Waals surface area contributed by atoms with E-state index in [0.29, 0.717) is 27.5 Å². The molecule has 10 heteroatoms. The van der Waals surface area contributed by atoms with E-state index in [0.717, 1.165) is 0 Å². The van der Waals surface area contributed by atoms with Gasteiger partial charge in [0.1, 0.15) is 41.5 Å². The predicted molar refractivity (Wildman–Crippen MR) is 112 cm³/mol. The molecule has 0 aliphatic carbocycles. The van der Waals surface area contributed by atoms with Crippen LogP contribution in [0.2, 0.25) is 0 Å². The van der Waals surface area contributed by atoms with Crippen LogP contribution in [0.25, 0.3) is 21.7 Å². The van der Waals surface area contributed by atoms with Crippen molar-refractivity contribution >= 4 is 21.7 Å². The van der Waals surface area contributed by atoms with E-state index in [1.165, 1.54) is 19.2 Å². The van der Waals surface area contributed by atoms with Crippen LogP contribution < -0.4 is 15.1 Å². The van der Waals surface area contributed by atoms with E-state index < -0.39 is 42.9 Å². The lowest BCUT2D eigenvalue weighted by molar-refractivity contribution is -0.277. The van der Waals surface area contributed by atoms with Gasteiger partial charge in [-0.1, -0.05) is 18.2 Å². The van der Waals surface area contributed by atoms with Gasteiger partial charge in [0.05, 0.1) is 24.5 Å². The molecule has 5 atom stereocenters. The van der Waals surface area contributed by atoms with Crippen molar-refractivity contribution in [1.29, 1.82) is 0 Å². The summed E-state index contributed by atoms with van der Waals surface area (Å²) >= 11 is 0. The Labute approximate surface area is 181 Å². The normalized spacial score (nSPS) is 25.9. The second kappa shape index (κ2) is 9.02. The topological polar surface area (TPSA) is 159 Å². The molecule has 32 heavy (non-hydrogen) atoms. The molecule has 0 unspecified atom stereocenters. The number of aliphatic hydroxyl groups is 5. The molecular weight excluding hydrogens is 424 g/mol. The minimum absolute atomic E-state index is 0.104. The SMILES string of the molecule is COc1cc(O[C@@H]2O[C@H](CO)[C@@H](O)[C@H](O)[C@H]2O)cc2oc(=O)c3c(CCO)cccc3c12. The number of methoxy groups -OCH3 is 1. The highest BCUT2D eigenvalue weighted by molar-refractivity contribution is 6.09. The zero-order valence-corrected chi connectivity index (χ0v) is 17.2. The zero-order valence-electron chi connectivity index (χ0n) is 17.2. The van der Waals surface area contributed by atoms with Gasteiger partial charge >= 0.3 is 5.63 Å². The first kappa shape index (κ1) is 22.5. The fraction of sp³-hybridized carbons (Fsp3) is 0.409. The average Bonchev–Trinajstić information content (AvgIpc) is 2.79. The standard InChI is InChI=1S/C22H24O10/c1-29-13-7-11(30-22-20(27)19(26)18(25)15(9-24)32-22)8-14-17(13)12-4-2-3-10(5-6-23)16(12)21(28)31-14/h2-4,7-8,15,18-20,22-27H,5-6,9H2,1H3/t15-,18-,19+,20-,22-/m1/s1. The van der Waals surface area contributed by atoms with E-state index in [1.54, 1.807) is 18.2 Å². The van der Waals surface area contributed by atoms with E-state index >= 15 is 0 Å². The summed E-state index contributed by atoms with van der Waals surface area (Å²) in [4.78, 5) is 12.7. The molecule has 1 aliphatic heterocycles. The number of rotatable bonds is 6. The first-order valence-corrected chi connectivity index (χ1v) is 10.0. The highest BCUT2D eigenvalue weighted by atomic mass is 16.7. The third kappa shape index (κ3) is 3.81. The number of aliphatic hydroxyl groups excluding tert-OH is 5. The largest absolute Gasteiger partial charge is 0.496 e. The lowest BCUT2D eigenvalue weighted by atomic mass is 9.99. The highest BCUT2D eigenvalue weighted by Crippen LogP contribution is 2.37. The number of benzene rings is 2. The van der Waals surface area contributed by atoms with Crippen molar-refractivity contribution in [2.45, 2.75) is 37.1 Å². The van der Waals surface area contributed by atoms with Gasteiger partial charge in [-0.15, -0.1) is 0 Å².